The Labute approximate surface area is 187 Å². The molecule has 0 unspecified atom stereocenters. The zero-order valence-corrected chi connectivity index (χ0v) is 17.8. The van der Waals surface area contributed by atoms with E-state index < -0.39 is 0 Å². The summed E-state index contributed by atoms with van der Waals surface area (Å²) in [5, 5.41) is 0. The number of benzene rings is 2. The van der Waals surface area contributed by atoms with Crippen LogP contribution in [0.1, 0.15) is 24.4 Å². The Kier molecular flexibility index (Phi) is 4.76. The first-order valence-electron chi connectivity index (χ1n) is 10.9. The van der Waals surface area contributed by atoms with E-state index in [0.717, 1.165) is 18.4 Å². The summed E-state index contributed by atoms with van der Waals surface area (Å²) in [5.74, 6) is -0.0215. The minimum Gasteiger partial charge on any atom is -0.381 e. The standard InChI is InChI=1S/C24H21FN6O2/c25-17-6-7-19-20(12-17)30(15-27-19)23-26-13-21-22(28-23)31(18-8-10-33-11-9-18)24(32)29(21)14-16-4-2-1-3-5-16/h1-7,12-13,15,18H,8-11,14H2. The molecule has 0 N–H and O–H groups in total. The fourth-order valence-electron chi connectivity index (χ4n) is 4.50. The van der Waals surface area contributed by atoms with Crippen molar-refractivity contribution >= 4 is 22.2 Å². The fourth-order valence-corrected chi connectivity index (χ4v) is 4.50. The van der Waals surface area contributed by atoms with E-state index in [1.807, 2.05) is 30.3 Å². The first kappa shape index (κ1) is 19.8. The topological polar surface area (TPSA) is 79.8 Å². The molecular weight excluding hydrogens is 423 g/mol. The highest BCUT2D eigenvalue weighted by Gasteiger charge is 2.25. The zero-order chi connectivity index (χ0) is 22.4. The van der Waals surface area contributed by atoms with Gasteiger partial charge in [-0.2, -0.15) is 4.98 Å². The molecule has 1 saturated heterocycles. The summed E-state index contributed by atoms with van der Waals surface area (Å²) in [5.41, 5.74) is 3.34. The van der Waals surface area contributed by atoms with E-state index in [4.69, 9.17) is 9.72 Å². The Hall–Kier alpha value is -3.85. The smallest absolute Gasteiger partial charge is 0.330 e. The van der Waals surface area contributed by atoms with E-state index in [-0.39, 0.29) is 17.5 Å². The van der Waals surface area contributed by atoms with E-state index in [9.17, 15) is 9.18 Å². The lowest BCUT2D eigenvalue weighted by molar-refractivity contribution is 0.0695. The molecular formula is C24H21FN6O2. The number of rotatable bonds is 4. The fraction of sp³-hybridized carbons (Fsp3) is 0.250. The van der Waals surface area contributed by atoms with E-state index >= 15 is 0 Å². The van der Waals surface area contributed by atoms with Crippen molar-refractivity contribution in [2.24, 2.45) is 0 Å². The third kappa shape index (κ3) is 3.41. The Bertz CT molecular complexity index is 1520. The van der Waals surface area contributed by atoms with Gasteiger partial charge in [-0.1, -0.05) is 30.3 Å². The Morgan fingerprint density at radius 3 is 2.67 bits per heavy atom. The van der Waals surface area contributed by atoms with Crippen LogP contribution in [-0.4, -0.2) is 41.9 Å². The van der Waals surface area contributed by atoms with Crippen molar-refractivity contribution < 1.29 is 9.13 Å². The van der Waals surface area contributed by atoms with Crippen molar-refractivity contribution in [3.63, 3.8) is 0 Å². The third-order valence-corrected chi connectivity index (χ3v) is 6.16. The number of hydrogen-bond acceptors (Lipinski definition) is 5. The maximum absolute atomic E-state index is 13.9. The van der Waals surface area contributed by atoms with Crippen LogP contribution in [0.2, 0.25) is 0 Å². The van der Waals surface area contributed by atoms with Gasteiger partial charge in [0.25, 0.3) is 0 Å². The molecule has 1 aliphatic rings. The summed E-state index contributed by atoms with van der Waals surface area (Å²) < 4.78 is 24.5. The van der Waals surface area contributed by atoms with Gasteiger partial charge in [-0.05, 0) is 30.5 Å². The van der Waals surface area contributed by atoms with Gasteiger partial charge in [-0.15, -0.1) is 0 Å². The highest BCUT2D eigenvalue weighted by Crippen LogP contribution is 2.25. The molecule has 0 bridgehead atoms. The van der Waals surface area contributed by atoms with Gasteiger partial charge in [0.05, 0.1) is 23.8 Å². The number of imidazole rings is 2. The minimum absolute atomic E-state index is 0.00880. The number of nitrogens with zero attached hydrogens (tertiary/aromatic N) is 6. The predicted octanol–water partition coefficient (Wildman–Crippen LogP) is 3.47. The van der Waals surface area contributed by atoms with E-state index in [0.29, 0.717) is 47.9 Å². The Morgan fingerprint density at radius 1 is 1.03 bits per heavy atom. The average molecular weight is 444 g/mol. The molecule has 9 heteroatoms. The molecule has 0 saturated carbocycles. The molecule has 0 atom stereocenters. The average Bonchev–Trinajstić information content (AvgIpc) is 3.38. The van der Waals surface area contributed by atoms with E-state index in [1.165, 1.54) is 12.1 Å². The first-order chi connectivity index (χ1) is 16.2. The molecule has 0 radical (unpaired) electrons. The van der Waals surface area contributed by atoms with Gasteiger partial charge in [0, 0.05) is 25.3 Å². The molecule has 1 aliphatic heterocycles. The summed E-state index contributed by atoms with van der Waals surface area (Å²) >= 11 is 0. The summed E-state index contributed by atoms with van der Waals surface area (Å²) in [4.78, 5) is 27.2. The van der Waals surface area contributed by atoms with Gasteiger partial charge in [0.15, 0.2) is 5.65 Å². The Morgan fingerprint density at radius 2 is 1.85 bits per heavy atom. The lowest BCUT2D eigenvalue weighted by atomic mass is 10.1. The summed E-state index contributed by atoms with van der Waals surface area (Å²) in [6.07, 6.45) is 4.72. The van der Waals surface area contributed by atoms with Crippen molar-refractivity contribution in [1.29, 1.82) is 0 Å². The highest BCUT2D eigenvalue weighted by molar-refractivity contribution is 5.77. The van der Waals surface area contributed by atoms with Crippen molar-refractivity contribution in [3.05, 3.63) is 82.9 Å². The van der Waals surface area contributed by atoms with Crippen LogP contribution in [0, 0.1) is 5.82 Å². The molecule has 33 heavy (non-hydrogen) atoms. The number of aromatic nitrogens is 6. The van der Waals surface area contributed by atoms with Gasteiger partial charge >= 0.3 is 5.69 Å². The molecule has 4 heterocycles. The summed E-state index contributed by atoms with van der Waals surface area (Å²) in [7, 11) is 0. The molecule has 5 aromatic rings. The second kappa shape index (κ2) is 7.93. The van der Waals surface area contributed by atoms with Crippen LogP contribution in [0.3, 0.4) is 0 Å². The minimum atomic E-state index is -0.363. The number of hydrogen-bond donors (Lipinski definition) is 0. The summed E-state index contributed by atoms with van der Waals surface area (Å²) in [6.45, 7) is 1.63. The molecule has 166 valence electrons. The van der Waals surface area contributed by atoms with Gasteiger partial charge < -0.3 is 4.74 Å². The second-order valence-corrected chi connectivity index (χ2v) is 8.19. The lowest BCUT2D eigenvalue weighted by Gasteiger charge is -2.22. The molecule has 3 aromatic heterocycles. The van der Waals surface area contributed by atoms with Crippen LogP contribution in [0.15, 0.2) is 65.8 Å². The number of halogens is 1. The molecule has 2 aromatic carbocycles. The maximum atomic E-state index is 13.9. The second-order valence-electron chi connectivity index (χ2n) is 8.19. The maximum Gasteiger partial charge on any atom is 0.330 e. The normalized spacial score (nSPS) is 14.9. The van der Waals surface area contributed by atoms with Gasteiger partial charge in [-0.25, -0.2) is 19.2 Å². The molecule has 0 spiro atoms. The monoisotopic (exact) mass is 444 g/mol. The number of fused-ring (bicyclic) bond motifs is 2. The van der Waals surface area contributed by atoms with Crippen molar-refractivity contribution in [2.75, 3.05) is 13.2 Å². The molecule has 0 amide bonds. The van der Waals surface area contributed by atoms with Crippen LogP contribution < -0.4 is 5.69 Å². The van der Waals surface area contributed by atoms with Gasteiger partial charge in [0.1, 0.15) is 17.7 Å². The largest absolute Gasteiger partial charge is 0.381 e. The van der Waals surface area contributed by atoms with Crippen molar-refractivity contribution in [1.82, 2.24) is 28.7 Å². The van der Waals surface area contributed by atoms with Crippen LogP contribution in [0.5, 0.6) is 0 Å². The zero-order valence-electron chi connectivity index (χ0n) is 17.8. The molecule has 0 aliphatic carbocycles. The summed E-state index contributed by atoms with van der Waals surface area (Å²) in [6, 6.07) is 14.2. The van der Waals surface area contributed by atoms with Crippen LogP contribution in [0.25, 0.3) is 28.1 Å². The lowest BCUT2D eigenvalue weighted by Crippen LogP contribution is -2.31. The van der Waals surface area contributed by atoms with Crippen molar-refractivity contribution in [3.8, 4) is 5.95 Å². The first-order valence-corrected chi connectivity index (χ1v) is 10.9. The van der Waals surface area contributed by atoms with E-state index in [1.54, 1.807) is 32.3 Å². The third-order valence-electron chi connectivity index (χ3n) is 6.16. The van der Waals surface area contributed by atoms with Gasteiger partial charge in [-0.3, -0.25) is 13.7 Å². The SMILES string of the molecule is O=c1n(Cc2ccccc2)c2cnc(-n3cnc4ccc(F)cc43)nc2n1C1CCOCC1. The van der Waals surface area contributed by atoms with Crippen LogP contribution in [-0.2, 0) is 11.3 Å². The highest BCUT2D eigenvalue weighted by atomic mass is 19.1. The van der Waals surface area contributed by atoms with Gasteiger partial charge in [0.2, 0.25) is 5.95 Å². The van der Waals surface area contributed by atoms with Crippen LogP contribution in [0.4, 0.5) is 4.39 Å². The molecule has 1 fully saturated rings. The molecule has 6 rings (SSSR count). The quantitative estimate of drug-likeness (QED) is 0.424. The Balaban J connectivity index is 1.55. The predicted molar refractivity (Wildman–Crippen MR) is 121 cm³/mol. The van der Waals surface area contributed by atoms with E-state index in [2.05, 4.69) is 9.97 Å². The molecule has 8 nitrogen and oxygen atoms in total. The number of ether oxygens (including phenoxy) is 1. The van der Waals surface area contributed by atoms with Crippen LogP contribution >= 0.6 is 0 Å². The van der Waals surface area contributed by atoms with Crippen molar-refractivity contribution in [2.45, 2.75) is 25.4 Å².